The molecule has 2 aromatic rings. The first-order valence-corrected chi connectivity index (χ1v) is 5.44. The van der Waals surface area contributed by atoms with Gasteiger partial charge >= 0.3 is 0 Å². The molecule has 0 saturated heterocycles. The minimum absolute atomic E-state index is 1.12. The van der Waals surface area contributed by atoms with Gasteiger partial charge in [0.25, 0.3) is 0 Å². The largest absolute Gasteiger partial charge is 0.367 e. The maximum absolute atomic E-state index is 4.02. The van der Waals surface area contributed by atoms with Gasteiger partial charge in [-0.05, 0) is 17.4 Å². The van der Waals surface area contributed by atoms with E-state index in [2.05, 4.69) is 19.0 Å². The van der Waals surface area contributed by atoms with E-state index < -0.39 is 0 Å². The van der Waals surface area contributed by atoms with Crippen molar-refractivity contribution in [1.82, 2.24) is 19.0 Å². The van der Waals surface area contributed by atoms with Crippen molar-refractivity contribution in [1.29, 1.82) is 0 Å². The fourth-order valence-electron chi connectivity index (χ4n) is 1.17. The van der Waals surface area contributed by atoms with Gasteiger partial charge in [-0.15, -0.1) is 0 Å². The zero-order valence-corrected chi connectivity index (χ0v) is 9.26. The molecule has 0 amide bonds. The second-order valence-electron chi connectivity index (χ2n) is 2.93. The number of hydrogen-bond donors (Lipinski definition) is 1. The number of rotatable bonds is 0. The molecule has 1 aliphatic rings. The van der Waals surface area contributed by atoms with Crippen LogP contribution in [0.3, 0.4) is 0 Å². The Morgan fingerprint density at radius 3 is 2.69 bits per heavy atom. The molecule has 0 spiro atoms. The fraction of sp³-hybridized carbons (Fsp3) is 0. The number of pyridine rings is 1. The van der Waals surface area contributed by atoms with Crippen LogP contribution in [0.15, 0.2) is 43.1 Å². The summed E-state index contributed by atoms with van der Waals surface area (Å²) in [5, 5.41) is 5.34. The van der Waals surface area contributed by atoms with Crippen LogP contribution in [0, 0.1) is 0 Å². The average molecular weight is 230 g/mol. The lowest BCUT2D eigenvalue weighted by Gasteiger charge is -1.86. The van der Waals surface area contributed by atoms with E-state index in [1.54, 1.807) is 18.6 Å². The normalized spacial score (nSPS) is 11.8. The smallest absolute Gasteiger partial charge is 0.0679 e. The maximum atomic E-state index is 4.02. The molecule has 0 aromatic carbocycles. The minimum Gasteiger partial charge on any atom is -0.367 e. The highest BCUT2D eigenvalue weighted by atomic mass is 32.1. The Kier molecular flexibility index (Phi) is 3.79. The minimum atomic E-state index is 1.12. The number of nitrogens with zero attached hydrogens (tertiary/aromatic N) is 3. The number of nitrogens with one attached hydrogen (secondary N) is 1. The Bertz CT molecular complexity index is 543. The van der Waals surface area contributed by atoms with E-state index in [1.807, 2.05) is 36.8 Å². The van der Waals surface area contributed by atoms with Crippen LogP contribution in [-0.4, -0.2) is 13.7 Å². The summed E-state index contributed by atoms with van der Waals surface area (Å²) in [6, 6.07) is 1.99. The highest BCUT2D eigenvalue weighted by Gasteiger charge is 1.84. The van der Waals surface area contributed by atoms with Gasteiger partial charge in [0.1, 0.15) is 0 Å². The number of aromatic nitrogens is 3. The Balaban J connectivity index is 0.000000162. The first-order chi connectivity index (χ1) is 7.97. The monoisotopic (exact) mass is 230 g/mol. The number of fused-ring (bicyclic) bond motifs is 1. The molecule has 80 valence electrons. The van der Waals surface area contributed by atoms with Crippen LogP contribution in [0.25, 0.3) is 12.3 Å². The molecular formula is C11H10N4S. The van der Waals surface area contributed by atoms with E-state index in [1.165, 1.54) is 16.9 Å². The molecule has 16 heavy (non-hydrogen) atoms. The summed E-state index contributed by atoms with van der Waals surface area (Å²) in [7, 11) is 0. The first-order valence-electron chi connectivity index (χ1n) is 4.71. The summed E-state index contributed by atoms with van der Waals surface area (Å²) in [5.74, 6) is 0. The Hall–Kier alpha value is -2.01. The van der Waals surface area contributed by atoms with Crippen molar-refractivity contribution in [2.24, 2.45) is 0 Å². The first kappa shape index (κ1) is 10.5. The van der Waals surface area contributed by atoms with Crippen molar-refractivity contribution < 1.29 is 0 Å². The van der Waals surface area contributed by atoms with Crippen LogP contribution in [0.4, 0.5) is 0 Å². The summed E-state index contributed by atoms with van der Waals surface area (Å²) < 4.78 is 7.31. The van der Waals surface area contributed by atoms with Crippen molar-refractivity contribution in [3.63, 3.8) is 0 Å². The van der Waals surface area contributed by atoms with E-state index in [0.717, 1.165) is 5.22 Å². The molecule has 2 aromatic heterocycles. The predicted octanol–water partition coefficient (Wildman–Crippen LogP) is 0.255. The molecule has 3 heterocycles. The molecular weight excluding hydrogens is 220 g/mol. The average Bonchev–Trinajstić information content (AvgIpc) is 2.81. The second kappa shape index (κ2) is 5.77. The van der Waals surface area contributed by atoms with E-state index >= 15 is 0 Å². The lowest BCUT2D eigenvalue weighted by atomic mass is 10.3. The number of allylic oxidation sites excluding steroid dienone is 1. The topological polar surface area (TPSA) is 50.7 Å². The van der Waals surface area contributed by atoms with E-state index in [-0.39, 0.29) is 0 Å². The molecule has 0 saturated carbocycles. The Labute approximate surface area is 97.0 Å². The molecule has 0 radical (unpaired) electrons. The van der Waals surface area contributed by atoms with E-state index in [0.29, 0.717) is 0 Å². The SMILES string of the molecule is C1=CNC=c2cnccc2=C1.c1cnsn1. The van der Waals surface area contributed by atoms with Crippen LogP contribution in [0.5, 0.6) is 0 Å². The van der Waals surface area contributed by atoms with Crippen molar-refractivity contribution in [3.8, 4) is 0 Å². The highest BCUT2D eigenvalue weighted by Crippen LogP contribution is 1.75. The highest BCUT2D eigenvalue weighted by molar-refractivity contribution is 6.98. The molecule has 1 N–H and O–H groups in total. The third-order valence-electron chi connectivity index (χ3n) is 1.88. The van der Waals surface area contributed by atoms with Crippen molar-refractivity contribution in [2.75, 3.05) is 0 Å². The van der Waals surface area contributed by atoms with Crippen molar-refractivity contribution >= 4 is 24.0 Å². The lowest BCUT2D eigenvalue weighted by Crippen LogP contribution is -2.25. The Morgan fingerprint density at radius 2 is 1.94 bits per heavy atom. The van der Waals surface area contributed by atoms with Crippen LogP contribution >= 0.6 is 11.7 Å². The molecule has 4 nitrogen and oxygen atoms in total. The summed E-state index contributed by atoms with van der Waals surface area (Å²) in [6.07, 6.45) is 14.8. The van der Waals surface area contributed by atoms with Gasteiger partial charge in [-0.3, -0.25) is 4.98 Å². The van der Waals surface area contributed by atoms with E-state index in [9.17, 15) is 0 Å². The third-order valence-corrected chi connectivity index (χ3v) is 2.31. The van der Waals surface area contributed by atoms with Gasteiger partial charge in [0.15, 0.2) is 0 Å². The van der Waals surface area contributed by atoms with Gasteiger partial charge < -0.3 is 5.32 Å². The predicted molar refractivity (Wildman–Crippen MR) is 64.6 cm³/mol. The van der Waals surface area contributed by atoms with Gasteiger partial charge in [-0.2, -0.15) is 8.75 Å². The molecule has 0 atom stereocenters. The molecule has 3 rings (SSSR count). The van der Waals surface area contributed by atoms with E-state index in [4.69, 9.17) is 0 Å². The lowest BCUT2D eigenvalue weighted by molar-refractivity contribution is 1.23. The summed E-state index contributed by atoms with van der Waals surface area (Å²) >= 11 is 1.21. The van der Waals surface area contributed by atoms with Crippen molar-refractivity contribution in [3.05, 3.63) is 53.6 Å². The van der Waals surface area contributed by atoms with Gasteiger partial charge in [0.05, 0.1) is 24.1 Å². The molecule has 0 aliphatic carbocycles. The van der Waals surface area contributed by atoms with Crippen LogP contribution < -0.4 is 15.8 Å². The van der Waals surface area contributed by atoms with Gasteiger partial charge in [0.2, 0.25) is 0 Å². The second-order valence-corrected chi connectivity index (χ2v) is 3.52. The quantitative estimate of drug-likeness (QED) is 0.705. The molecule has 0 bridgehead atoms. The van der Waals surface area contributed by atoms with Gasteiger partial charge in [-0.1, -0.05) is 6.08 Å². The fourth-order valence-corrected chi connectivity index (χ4v) is 1.44. The molecule has 1 aliphatic heterocycles. The summed E-state index contributed by atoms with van der Waals surface area (Å²) in [5.41, 5.74) is 0. The standard InChI is InChI=1S/C9H8N2.C2H2N2S/c1-2-8-3-5-11-7-9(8)6-10-4-1;1-2-4-5-3-1/h1-7,10H;1-2H. The zero-order chi connectivity index (χ0) is 11.1. The van der Waals surface area contributed by atoms with Gasteiger partial charge in [-0.25, -0.2) is 0 Å². The summed E-state index contributed by atoms with van der Waals surface area (Å²) in [4.78, 5) is 4.02. The summed E-state index contributed by atoms with van der Waals surface area (Å²) in [6.45, 7) is 0. The number of hydrogen-bond acceptors (Lipinski definition) is 5. The van der Waals surface area contributed by atoms with Crippen LogP contribution in [0.1, 0.15) is 0 Å². The van der Waals surface area contributed by atoms with Crippen LogP contribution in [0.2, 0.25) is 0 Å². The third kappa shape index (κ3) is 2.99. The molecule has 0 fully saturated rings. The molecule has 0 unspecified atom stereocenters. The maximum Gasteiger partial charge on any atom is 0.0679 e. The van der Waals surface area contributed by atoms with Gasteiger partial charge in [0, 0.05) is 30.0 Å². The molecule has 5 heteroatoms. The Morgan fingerprint density at radius 1 is 1.06 bits per heavy atom. The zero-order valence-electron chi connectivity index (χ0n) is 8.45. The van der Waals surface area contributed by atoms with Crippen molar-refractivity contribution in [2.45, 2.75) is 0 Å². The van der Waals surface area contributed by atoms with Crippen LogP contribution in [-0.2, 0) is 0 Å².